The minimum atomic E-state index is 1.14. The van der Waals surface area contributed by atoms with Crippen molar-refractivity contribution < 1.29 is 0 Å². The molecule has 0 fully saturated rings. The van der Waals surface area contributed by atoms with Crippen LogP contribution < -0.4 is 4.90 Å². The third-order valence-corrected chi connectivity index (χ3v) is 12.3. The van der Waals surface area contributed by atoms with Gasteiger partial charge in [-0.3, -0.25) is 0 Å². The maximum Gasteiger partial charge on any atom is 0.0540 e. The minimum absolute atomic E-state index is 1.14. The van der Waals surface area contributed by atoms with Gasteiger partial charge in [0.15, 0.2) is 0 Å². The number of para-hydroxylation sites is 3. The van der Waals surface area contributed by atoms with Gasteiger partial charge in [0.1, 0.15) is 0 Å². The number of hydrogen-bond donors (Lipinski definition) is 0. The number of hydrogen-bond acceptors (Lipinski definition) is 4. The van der Waals surface area contributed by atoms with Crippen LogP contribution in [0.3, 0.4) is 0 Å². The Morgan fingerprint density at radius 3 is 1.80 bits per heavy atom. The zero-order valence-corrected chi connectivity index (χ0v) is 27.2. The Kier molecular flexibility index (Phi) is 6.93. The number of anilines is 3. The Morgan fingerprint density at radius 2 is 1.02 bits per heavy atom. The van der Waals surface area contributed by atoms with Gasteiger partial charge in [-0.25, -0.2) is 0 Å². The average molecular weight is 642 g/mol. The van der Waals surface area contributed by atoms with E-state index in [4.69, 9.17) is 0 Å². The van der Waals surface area contributed by atoms with Crippen molar-refractivity contribution in [3.63, 3.8) is 0 Å². The van der Waals surface area contributed by atoms with Crippen LogP contribution in [0.5, 0.6) is 0 Å². The van der Waals surface area contributed by atoms with Crippen molar-refractivity contribution in [2.24, 2.45) is 0 Å². The number of thiophene rings is 1. The first-order valence-electron chi connectivity index (χ1n) is 15.3. The van der Waals surface area contributed by atoms with E-state index in [-0.39, 0.29) is 0 Å². The highest BCUT2D eigenvalue weighted by Crippen LogP contribution is 2.52. The SMILES string of the molecule is c1ccc(N(c2ccccc2)c2ccccc2-c2cccc3sc4ccc(-c5cccc6c5Sc5ccccc5S6)cc4c23)cc1. The summed E-state index contributed by atoms with van der Waals surface area (Å²) in [6.45, 7) is 0. The summed E-state index contributed by atoms with van der Waals surface area (Å²) < 4.78 is 2.61. The van der Waals surface area contributed by atoms with Gasteiger partial charge in [-0.2, -0.15) is 0 Å². The van der Waals surface area contributed by atoms with E-state index < -0.39 is 0 Å². The first kappa shape index (κ1) is 27.6. The van der Waals surface area contributed by atoms with Gasteiger partial charge in [-0.15, -0.1) is 11.3 Å². The van der Waals surface area contributed by atoms with E-state index in [2.05, 4.69) is 169 Å². The quantitative estimate of drug-likeness (QED) is 0.184. The predicted molar refractivity (Wildman–Crippen MR) is 200 cm³/mol. The second-order valence-corrected chi connectivity index (χ2v) is 14.5. The molecule has 7 aromatic carbocycles. The second-order valence-electron chi connectivity index (χ2n) is 11.3. The first-order valence-corrected chi connectivity index (χ1v) is 17.8. The third-order valence-electron chi connectivity index (χ3n) is 8.53. The van der Waals surface area contributed by atoms with Gasteiger partial charge in [0.2, 0.25) is 0 Å². The topological polar surface area (TPSA) is 3.24 Å². The predicted octanol–water partition coefficient (Wildman–Crippen LogP) is 13.5. The molecule has 0 spiro atoms. The maximum absolute atomic E-state index is 2.42. The summed E-state index contributed by atoms with van der Waals surface area (Å²) in [4.78, 5) is 7.71. The standard InChI is InChI=1S/C42H27NS3/c1-3-13-29(14-4-1)43(30-15-5-2-6-16-30)35-20-8-7-17-32(35)33-19-12-23-39-41(33)34-27-28(25-26-36(34)44-39)31-18-11-24-40-42(31)46-38-22-10-9-21-37(38)45-40/h1-27H. The van der Waals surface area contributed by atoms with E-state index in [1.807, 2.05) is 34.9 Å². The Labute approximate surface area is 281 Å². The summed E-state index contributed by atoms with van der Waals surface area (Å²) in [5.41, 5.74) is 8.45. The molecule has 2 heterocycles. The molecule has 0 aliphatic carbocycles. The molecule has 8 aromatic rings. The smallest absolute Gasteiger partial charge is 0.0540 e. The Balaban J connectivity index is 1.23. The van der Waals surface area contributed by atoms with E-state index in [0.717, 1.165) is 17.1 Å². The van der Waals surface area contributed by atoms with Crippen molar-refractivity contribution in [3.05, 3.63) is 164 Å². The zero-order valence-electron chi connectivity index (χ0n) is 24.8. The molecular weight excluding hydrogens is 615 g/mol. The van der Waals surface area contributed by atoms with Crippen LogP contribution in [0, 0.1) is 0 Å². The highest BCUT2D eigenvalue weighted by atomic mass is 32.2. The lowest BCUT2D eigenvalue weighted by Gasteiger charge is -2.28. The van der Waals surface area contributed by atoms with Gasteiger partial charge in [-0.1, -0.05) is 121 Å². The van der Waals surface area contributed by atoms with E-state index in [1.54, 1.807) is 0 Å². The van der Waals surface area contributed by atoms with Crippen LogP contribution in [0.1, 0.15) is 0 Å². The number of fused-ring (bicyclic) bond motifs is 5. The van der Waals surface area contributed by atoms with Gasteiger partial charge in [0, 0.05) is 56.7 Å². The minimum Gasteiger partial charge on any atom is -0.310 e. The zero-order chi connectivity index (χ0) is 30.5. The van der Waals surface area contributed by atoms with Crippen LogP contribution in [0.15, 0.2) is 183 Å². The summed E-state index contributed by atoms with van der Waals surface area (Å²) in [6.07, 6.45) is 0. The number of benzene rings is 7. The Hall–Kier alpha value is -4.74. The first-order chi connectivity index (χ1) is 22.8. The fraction of sp³-hybridized carbons (Fsp3) is 0. The molecule has 0 N–H and O–H groups in total. The van der Waals surface area contributed by atoms with Crippen molar-refractivity contribution >= 4 is 72.1 Å². The Bertz CT molecular complexity index is 2340. The molecule has 1 aliphatic rings. The molecule has 0 bridgehead atoms. The molecule has 218 valence electrons. The third kappa shape index (κ3) is 4.73. The van der Waals surface area contributed by atoms with Crippen molar-refractivity contribution in [2.45, 2.75) is 19.6 Å². The molecule has 1 nitrogen and oxygen atoms in total. The summed E-state index contributed by atoms with van der Waals surface area (Å²) in [6, 6.07) is 59.5. The van der Waals surface area contributed by atoms with Crippen LogP contribution in [0.4, 0.5) is 17.1 Å². The Morgan fingerprint density at radius 1 is 0.413 bits per heavy atom. The van der Waals surface area contributed by atoms with Gasteiger partial charge >= 0.3 is 0 Å². The highest BCUT2D eigenvalue weighted by Gasteiger charge is 2.22. The van der Waals surface area contributed by atoms with Crippen LogP contribution in [-0.4, -0.2) is 0 Å². The van der Waals surface area contributed by atoms with Crippen molar-refractivity contribution in [2.75, 3.05) is 4.90 Å². The van der Waals surface area contributed by atoms with Crippen molar-refractivity contribution in [1.82, 2.24) is 0 Å². The van der Waals surface area contributed by atoms with Crippen molar-refractivity contribution in [1.29, 1.82) is 0 Å². The van der Waals surface area contributed by atoms with Gasteiger partial charge in [0.05, 0.1) is 5.69 Å². The van der Waals surface area contributed by atoms with E-state index in [1.165, 1.54) is 62.0 Å². The largest absolute Gasteiger partial charge is 0.310 e. The summed E-state index contributed by atoms with van der Waals surface area (Å²) >= 11 is 5.65. The molecule has 0 atom stereocenters. The highest BCUT2D eigenvalue weighted by molar-refractivity contribution is 8.05. The fourth-order valence-corrected chi connectivity index (χ4v) is 9.99. The molecule has 0 saturated carbocycles. The maximum atomic E-state index is 2.42. The molecule has 1 aliphatic heterocycles. The number of rotatable bonds is 5. The molecule has 0 radical (unpaired) electrons. The second kappa shape index (κ2) is 11.6. The summed E-state index contributed by atoms with van der Waals surface area (Å²) in [5, 5.41) is 2.62. The van der Waals surface area contributed by atoms with E-state index in [9.17, 15) is 0 Å². The normalized spacial score (nSPS) is 12.2. The number of nitrogens with zero attached hydrogens (tertiary/aromatic N) is 1. The van der Waals surface area contributed by atoms with Gasteiger partial charge in [0.25, 0.3) is 0 Å². The fourth-order valence-electron chi connectivity index (χ4n) is 6.47. The summed E-state index contributed by atoms with van der Waals surface area (Å²) in [5.74, 6) is 0. The van der Waals surface area contributed by atoms with E-state index >= 15 is 0 Å². The van der Waals surface area contributed by atoms with Crippen molar-refractivity contribution in [3.8, 4) is 22.3 Å². The lowest BCUT2D eigenvalue weighted by atomic mass is 9.95. The molecule has 0 unspecified atom stereocenters. The molecule has 0 saturated heterocycles. The summed E-state index contributed by atoms with van der Waals surface area (Å²) in [7, 11) is 0. The van der Waals surface area contributed by atoms with Crippen LogP contribution >= 0.6 is 34.9 Å². The molecule has 1 aromatic heterocycles. The van der Waals surface area contributed by atoms with Crippen LogP contribution in [0.2, 0.25) is 0 Å². The van der Waals surface area contributed by atoms with Gasteiger partial charge < -0.3 is 4.90 Å². The van der Waals surface area contributed by atoms with Crippen LogP contribution in [0.25, 0.3) is 42.4 Å². The lowest BCUT2D eigenvalue weighted by Crippen LogP contribution is -2.10. The van der Waals surface area contributed by atoms with Gasteiger partial charge in [-0.05, 0) is 83.4 Å². The molecular formula is C42H27NS3. The molecule has 0 amide bonds. The van der Waals surface area contributed by atoms with E-state index in [0.29, 0.717) is 0 Å². The average Bonchev–Trinajstić information content (AvgIpc) is 3.50. The van der Waals surface area contributed by atoms with Crippen LogP contribution in [-0.2, 0) is 0 Å². The lowest BCUT2D eigenvalue weighted by molar-refractivity contribution is 1.16. The molecule has 4 heteroatoms. The molecule has 9 rings (SSSR count). The monoisotopic (exact) mass is 641 g/mol. The molecule has 46 heavy (non-hydrogen) atoms.